The molecule has 2 rings (SSSR count). The zero-order valence-corrected chi connectivity index (χ0v) is 15.5. The van der Waals surface area contributed by atoms with Crippen LogP contribution in [0.3, 0.4) is 0 Å². The topological polar surface area (TPSA) is 20.3 Å². The minimum Gasteiger partial charge on any atom is -0.309 e. The van der Waals surface area contributed by atoms with Crippen LogP contribution in [0, 0.1) is 5.92 Å². The van der Waals surface area contributed by atoms with Crippen molar-refractivity contribution in [2.75, 3.05) is 26.9 Å². The molecule has 0 saturated carbocycles. The van der Waals surface area contributed by atoms with Gasteiger partial charge in [-0.1, -0.05) is 42.5 Å². The second-order valence-corrected chi connectivity index (χ2v) is 6.62. The number of thioether (sulfide) groups is 1. The smallest absolute Gasteiger partial charge is 0.167 e. The van der Waals surface area contributed by atoms with Crippen LogP contribution >= 0.6 is 24.2 Å². The molecular weight excluding hydrogens is 326 g/mol. The standard InChI is InChI=1S/C19H23NOS.ClH/c1-20(2)14-17(12-15-8-5-4-6-9-15)19(21)16-10-7-11-18(13-16)22-3;/h4-11,13,17H,12,14H2,1-3H3;1H/t17-;/m0./s1. The first-order valence-corrected chi connectivity index (χ1v) is 8.69. The van der Waals surface area contributed by atoms with Gasteiger partial charge in [-0.15, -0.1) is 24.2 Å². The second-order valence-electron chi connectivity index (χ2n) is 5.75. The molecule has 0 aliphatic carbocycles. The van der Waals surface area contributed by atoms with Gasteiger partial charge in [0.1, 0.15) is 0 Å². The molecule has 0 unspecified atom stereocenters. The summed E-state index contributed by atoms with van der Waals surface area (Å²) in [7, 11) is 4.03. The van der Waals surface area contributed by atoms with Gasteiger partial charge in [0.25, 0.3) is 0 Å². The maximum atomic E-state index is 12.9. The van der Waals surface area contributed by atoms with E-state index < -0.39 is 0 Å². The number of carbonyl (C=O) groups excluding carboxylic acids is 1. The first-order chi connectivity index (χ1) is 10.6. The predicted octanol–water partition coefficient (Wildman–Crippen LogP) is 4.43. The molecule has 4 heteroatoms. The number of hydrogen-bond acceptors (Lipinski definition) is 3. The Labute approximate surface area is 149 Å². The Morgan fingerprint density at radius 3 is 2.39 bits per heavy atom. The molecule has 0 amide bonds. The van der Waals surface area contributed by atoms with Crippen molar-refractivity contribution in [3.05, 3.63) is 65.7 Å². The molecule has 0 aromatic heterocycles. The molecule has 2 aromatic carbocycles. The summed E-state index contributed by atoms with van der Waals surface area (Å²) in [5.41, 5.74) is 2.03. The number of benzene rings is 2. The van der Waals surface area contributed by atoms with Crippen LogP contribution in [0.25, 0.3) is 0 Å². The maximum Gasteiger partial charge on any atom is 0.167 e. The molecule has 0 saturated heterocycles. The van der Waals surface area contributed by atoms with E-state index in [1.165, 1.54) is 5.56 Å². The molecule has 0 aliphatic heterocycles. The molecule has 2 nitrogen and oxygen atoms in total. The van der Waals surface area contributed by atoms with Crippen LogP contribution in [-0.4, -0.2) is 37.6 Å². The molecule has 0 aliphatic rings. The fourth-order valence-corrected chi connectivity index (χ4v) is 3.05. The summed E-state index contributed by atoms with van der Waals surface area (Å²) in [4.78, 5) is 16.1. The fraction of sp³-hybridized carbons (Fsp3) is 0.316. The molecule has 1 atom stereocenters. The van der Waals surface area contributed by atoms with E-state index in [-0.39, 0.29) is 24.1 Å². The van der Waals surface area contributed by atoms with Gasteiger partial charge in [-0.3, -0.25) is 4.79 Å². The van der Waals surface area contributed by atoms with Crippen molar-refractivity contribution >= 4 is 30.0 Å². The van der Waals surface area contributed by atoms with Crippen LogP contribution in [0.2, 0.25) is 0 Å². The van der Waals surface area contributed by atoms with Crippen LogP contribution in [0.15, 0.2) is 59.5 Å². The highest BCUT2D eigenvalue weighted by molar-refractivity contribution is 7.98. The van der Waals surface area contributed by atoms with E-state index in [0.29, 0.717) is 0 Å². The Morgan fingerprint density at radius 1 is 1.09 bits per heavy atom. The maximum absolute atomic E-state index is 12.9. The lowest BCUT2D eigenvalue weighted by atomic mass is 9.91. The molecule has 0 heterocycles. The third kappa shape index (κ3) is 6.02. The normalized spacial score (nSPS) is 11.8. The fourth-order valence-electron chi connectivity index (χ4n) is 2.59. The minimum atomic E-state index is -0.0190. The summed E-state index contributed by atoms with van der Waals surface area (Å²) in [6.45, 7) is 0.761. The van der Waals surface area contributed by atoms with Crippen LogP contribution in [0.1, 0.15) is 15.9 Å². The average Bonchev–Trinajstić information content (AvgIpc) is 2.54. The van der Waals surface area contributed by atoms with Gasteiger partial charge < -0.3 is 4.90 Å². The summed E-state index contributed by atoms with van der Waals surface area (Å²) >= 11 is 1.67. The Morgan fingerprint density at radius 2 is 1.78 bits per heavy atom. The van der Waals surface area contributed by atoms with Gasteiger partial charge in [0.2, 0.25) is 0 Å². The monoisotopic (exact) mass is 349 g/mol. The van der Waals surface area contributed by atoms with Crippen molar-refractivity contribution in [1.29, 1.82) is 0 Å². The van der Waals surface area contributed by atoms with Gasteiger partial charge in [0.05, 0.1) is 0 Å². The van der Waals surface area contributed by atoms with E-state index in [0.717, 1.165) is 23.4 Å². The summed E-state index contributed by atoms with van der Waals surface area (Å²) in [6.07, 6.45) is 2.81. The number of rotatable bonds is 7. The highest BCUT2D eigenvalue weighted by Crippen LogP contribution is 2.20. The number of nitrogens with zero attached hydrogens (tertiary/aromatic N) is 1. The first kappa shape index (κ1) is 19.8. The third-order valence-corrected chi connectivity index (χ3v) is 4.36. The molecular formula is C19H24ClNOS. The SMILES string of the molecule is CSc1cccc(C(=O)[C@@H](Cc2ccccc2)CN(C)C)c1.Cl. The molecule has 0 spiro atoms. The van der Waals surface area contributed by atoms with Gasteiger partial charge in [0.15, 0.2) is 5.78 Å². The predicted molar refractivity (Wildman–Crippen MR) is 102 cm³/mol. The van der Waals surface area contributed by atoms with Crippen LogP contribution < -0.4 is 0 Å². The molecule has 0 N–H and O–H groups in total. The summed E-state index contributed by atoms with van der Waals surface area (Å²) in [5, 5.41) is 0. The van der Waals surface area contributed by atoms with E-state index in [1.54, 1.807) is 11.8 Å². The third-order valence-electron chi connectivity index (χ3n) is 3.64. The minimum absolute atomic E-state index is 0. The number of Topliss-reactive ketones (excluding diaryl/α,β-unsaturated/α-hetero) is 1. The van der Waals surface area contributed by atoms with E-state index >= 15 is 0 Å². The lowest BCUT2D eigenvalue weighted by Crippen LogP contribution is -2.29. The Balaban J connectivity index is 0.00000264. The number of halogens is 1. The van der Waals surface area contributed by atoms with E-state index in [9.17, 15) is 4.79 Å². The number of hydrogen-bond donors (Lipinski definition) is 0. The summed E-state index contributed by atoms with van der Waals surface area (Å²) in [6, 6.07) is 18.2. The highest BCUT2D eigenvalue weighted by Gasteiger charge is 2.21. The lowest BCUT2D eigenvalue weighted by molar-refractivity contribution is 0.0896. The van der Waals surface area contributed by atoms with Crippen molar-refractivity contribution in [2.45, 2.75) is 11.3 Å². The second kappa shape index (κ2) is 9.76. The van der Waals surface area contributed by atoms with Gasteiger partial charge in [0, 0.05) is 22.9 Å². The highest BCUT2D eigenvalue weighted by atomic mass is 35.5. The molecule has 2 aromatic rings. The van der Waals surface area contributed by atoms with E-state index in [4.69, 9.17) is 0 Å². The molecule has 0 fully saturated rings. The average molecular weight is 350 g/mol. The van der Waals surface area contributed by atoms with E-state index in [2.05, 4.69) is 17.0 Å². The zero-order chi connectivity index (χ0) is 15.9. The Kier molecular flexibility index (Phi) is 8.38. The Hall–Kier alpha value is -1.29. The van der Waals surface area contributed by atoms with Crippen molar-refractivity contribution < 1.29 is 4.79 Å². The summed E-state index contributed by atoms with van der Waals surface area (Å²) in [5.74, 6) is 0.211. The van der Waals surface area contributed by atoms with Crippen molar-refractivity contribution in [2.24, 2.45) is 5.92 Å². The molecule has 23 heavy (non-hydrogen) atoms. The van der Waals surface area contributed by atoms with Crippen molar-refractivity contribution in [1.82, 2.24) is 4.90 Å². The molecule has 0 radical (unpaired) electrons. The van der Waals surface area contributed by atoms with Crippen molar-refractivity contribution in [3.8, 4) is 0 Å². The van der Waals surface area contributed by atoms with Crippen LogP contribution in [-0.2, 0) is 6.42 Å². The lowest BCUT2D eigenvalue weighted by Gasteiger charge is -2.20. The summed E-state index contributed by atoms with van der Waals surface area (Å²) < 4.78 is 0. The number of ketones is 1. The quantitative estimate of drug-likeness (QED) is 0.544. The number of carbonyl (C=O) groups is 1. The van der Waals surface area contributed by atoms with Gasteiger partial charge in [-0.2, -0.15) is 0 Å². The van der Waals surface area contributed by atoms with Crippen LogP contribution in [0.5, 0.6) is 0 Å². The molecule has 124 valence electrons. The van der Waals surface area contributed by atoms with Gasteiger partial charge >= 0.3 is 0 Å². The van der Waals surface area contributed by atoms with Crippen LogP contribution in [0.4, 0.5) is 0 Å². The molecule has 0 bridgehead atoms. The largest absolute Gasteiger partial charge is 0.309 e. The van der Waals surface area contributed by atoms with Gasteiger partial charge in [-0.25, -0.2) is 0 Å². The first-order valence-electron chi connectivity index (χ1n) is 7.47. The zero-order valence-electron chi connectivity index (χ0n) is 13.9. The Bertz CT molecular complexity index is 616. The van der Waals surface area contributed by atoms with Gasteiger partial charge in [-0.05, 0) is 44.5 Å². The van der Waals surface area contributed by atoms with E-state index in [1.807, 2.05) is 62.8 Å². The van der Waals surface area contributed by atoms with Crippen molar-refractivity contribution in [3.63, 3.8) is 0 Å².